The molecular weight excluding hydrogens is 909 g/mol. The van der Waals surface area contributed by atoms with Gasteiger partial charge in [0.1, 0.15) is 48.9 Å². The minimum Gasteiger partial charge on any atom is -0.481 e. The van der Waals surface area contributed by atoms with Gasteiger partial charge in [0.05, 0.1) is 6.42 Å². The van der Waals surface area contributed by atoms with Crippen molar-refractivity contribution in [3.8, 4) is 11.1 Å². The maximum Gasteiger partial charge on any atom is 0.407 e. The molecule has 0 aromatic heterocycles. The smallest absolute Gasteiger partial charge is 0.407 e. The molecule has 0 unspecified atom stereocenters. The standard InChI is InChI=1S/C49H62N8O13/c1-25(2)40(56-44(64)28(6)52-47(67)41(26(3)4)57-49(69)70-24-34-32-18-12-10-16-30(32)31-17-11-13-19-33(31)34)48(68)55-37(23-39(60)61)45(65)51-27(5)43(63)54-36(22-29-14-8-7-9-15-29)46(66)53-35(42(50)62)20-21-38(58)59/h7-19,25-28,34-37,40-41H,20-24H2,1-6H3,(H2,50,62)(H,51,65)(H,52,67)(H,53,66)(H,54,63)(H,55,68)(H,56,64)(H,57,69)(H,58,59)(H,60,61)/t27-,28-,35-,36-,37-,40-,41-/m0/s1. The molecule has 0 bridgehead atoms. The summed E-state index contributed by atoms with van der Waals surface area (Å²) in [6.07, 6.45) is -2.72. The van der Waals surface area contributed by atoms with E-state index in [1.54, 1.807) is 58.0 Å². The summed E-state index contributed by atoms with van der Waals surface area (Å²) in [6, 6.07) is 14.3. The number of hydrogen-bond donors (Lipinski definition) is 10. The molecule has 4 rings (SSSR count). The highest BCUT2D eigenvalue weighted by molar-refractivity contribution is 5.98. The highest BCUT2D eigenvalue weighted by Gasteiger charge is 2.35. The number of carboxylic acid groups (broad SMARTS) is 2. The lowest BCUT2D eigenvalue weighted by atomic mass is 9.98. The highest BCUT2D eigenvalue weighted by Crippen LogP contribution is 2.44. The second-order valence-corrected chi connectivity index (χ2v) is 17.7. The maximum atomic E-state index is 13.7. The van der Waals surface area contributed by atoms with E-state index in [-0.39, 0.29) is 25.4 Å². The van der Waals surface area contributed by atoms with E-state index in [9.17, 15) is 53.1 Å². The normalized spacial score (nSPS) is 14.7. The van der Waals surface area contributed by atoms with Gasteiger partial charge in [0.15, 0.2) is 0 Å². The number of fused-ring (bicyclic) bond motifs is 3. The summed E-state index contributed by atoms with van der Waals surface area (Å²) in [4.78, 5) is 129. The van der Waals surface area contributed by atoms with Crippen LogP contribution < -0.4 is 43.0 Å². The molecule has 0 aliphatic heterocycles. The molecule has 0 radical (unpaired) electrons. The van der Waals surface area contributed by atoms with Crippen LogP contribution in [0.1, 0.15) is 83.4 Å². The van der Waals surface area contributed by atoms with E-state index in [2.05, 4.69) is 37.2 Å². The van der Waals surface area contributed by atoms with Crippen LogP contribution in [0.3, 0.4) is 0 Å². The molecule has 0 saturated heterocycles. The summed E-state index contributed by atoms with van der Waals surface area (Å²) < 4.78 is 5.63. The molecular formula is C49H62N8O13. The van der Waals surface area contributed by atoms with E-state index in [1.165, 1.54) is 13.8 Å². The van der Waals surface area contributed by atoms with Crippen molar-refractivity contribution >= 4 is 59.4 Å². The molecule has 0 saturated carbocycles. The fourth-order valence-electron chi connectivity index (χ4n) is 7.69. The van der Waals surface area contributed by atoms with E-state index in [0.717, 1.165) is 22.3 Å². The van der Waals surface area contributed by atoms with Gasteiger partial charge in [0.25, 0.3) is 0 Å². The topological polar surface area (TPSA) is 331 Å². The van der Waals surface area contributed by atoms with Crippen molar-refractivity contribution in [1.29, 1.82) is 0 Å². The monoisotopic (exact) mass is 970 g/mol. The minimum atomic E-state index is -1.78. The zero-order chi connectivity index (χ0) is 51.8. The number of nitrogens with one attached hydrogen (secondary N) is 7. The van der Waals surface area contributed by atoms with Crippen molar-refractivity contribution in [3.05, 3.63) is 95.6 Å². The highest BCUT2D eigenvalue weighted by atomic mass is 16.5. The van der Waals surface area contributed by atoms with Crippen molar-refractivity contribution in [2.45, 2.75) is 115 Å². The molecule has 7 atom stereocenters. The van der Waals surface area contributed by atoms with Crippen LogP contribution in [-0.4, -0.2) is 118 Å². The number of carbonyl (C=O) groups is 10. The summed E-state index contributed by atoms with van der Waals surface area (Å²) in [7, 11) is 0. The second-order valence-electron chi connectivity index (χ2n) is 17.7. The number of benzene rings is 3. The summed E-state index contributed by atoms with van der Waals surface area (Å²) in [5.74, 6) is -10.5. The average Bonchev–Trinajstić information content (AvgIpc) is 3.62. The molecule has 3 aromatic carbocycles. The third kappa shape index (κ3) is 15.6. The molecule has 8 amide bonds. The first-order chi connectivity index (χ1) is 33.1. The zero-order valence-electron chi connectivity index (χ0n) is 39.8. The van der Waals surface area contributed by atoms with Crippen molar-refractivity contribution < 1.29 is 62.9 Å². The Kier molecular flexibility index (Phi) is 20.0. The Morgan fingerprint density at radius 1 is 0.529 bits per heavy atom. The van der Waals surface area contributed by atoms with E-state index in [0.29, 0.717) is 5.56 Å². The molecule has 21 heteroatoms. The number of ether oxygens (including phenoxy) is 1. The fourth-order valence-corrected chi connectivity index (χ4v) is 7.69. The fraction of sp³-hybridized carbons (Fsp3) is 0.429. The Bertz CT molecular complexity index is 2370. The summed E-state index contributed by atoms with van der Waals surface area (Å²) in [6.45, 7) is 9.10. The Labute approximate surface area is 404 Å². The first kappa shape index (κ1) is 54.8. The van der Waals surface area contributed by atoms with Crippen molar-refractivity contribution in [2.75, 3.05) is 6.61 Å². The third-order valence-corrected chi connectivity index (χ3v) is 11.6. The largest absolute Gasteiger partial charge is 0.481 e. The molecule has 11 N–H and O–H groups in total. The lowest BCUT2D eigenvalue weighted by Gasteiger charge is -2.28. The predicted octanol–water partition coefficient (Wildman–Crippen LogP) is 1.22. The molecule has 1 aliphatic carbocycles. The van der Waals surface area contributed by atoms with E-state index in [4.69, 9.17) is 15.6 Å². The lowest BCUT2D eigenvalue weighted by molar-refractivity contribution is -0.141. The number of amides is 8. The van der Waals surface area contributed by atoms with Crippen molar-refractivity contribution in [1.82, 2.24) is 37.2 Å². The van der Waals surface area contributed by atoms with E-state index >= 15 is 0 Å². The third-order valence-electron chi connectivity index (χ3n) is 11.6. The first-order valence-electron chi connectivity index (χ1n) is 22.8. The number of carboxylic acids is 2. The van der Waals surface area contributed by atoms with Crippen LogP contribution in [0.15, 0.2) is 78.9 Å². The van der Waals surface area contributed by atoms with Crippen molar-refractivity contribution in [2.24, 2.45) is 17.6 Å². The number of hydrogen-bond acceptors (Lipinski definition) is 11. The molecule has 0 fully saturated rings. The quantitative estimate of drug-likeness (QED) is 0.0572. The van der Waals surface area contributed by atoms with Gasteiger partial charge < -0.3 is 57.9 Å². The van der Waals surface area contributed by atoms with Crippen LogP contribution in [0.25, 0.3) is 11.1 Å². The number of rotatable bonds is 25. The second kappa shape index (κ2) is 25.5. The SMILES string of the molecule is CC(C)[C@H](NC(=O)OCC1c2ccccc2-c2ccccc21)C(=O)N[C@@H](C)C(=O)N[C@H](C(=O)N[C@@H](CC(=O)O)C(=O)N[C@@H](C)C(=O)N[C@@H](Cc1ccccc1)C(=O)N[C@@H](CCC(=O)O)C(N)=O)C(C)C. The van der Waals surface area contributed by atoms with Gasteiger partial charge in [0, 0.05) is 18.8 Å². The van der Waals surface area contributed by atoms with Crippen LogP contribution >= 0.6 is 0 Å². The van der Waals surface area contributed by atoms with Crippen LogP contribution in [-0.2, 0) is 54.3 Å². The van der Waals surface area contributed by atoms with Gasteiger partial charge in [-0.25, -0.2) is 4.79 Å². The number of primary amides is 1. The van der Waals surface area contributed by atoms with E-state index < -0.39 is 126 Å². The molecule has 3 aromatic rings. The van der Waals surface area contributed by atoms with Gasteiger partial charge in [-0.15, -0.1) is 0 Å². The summed E-state index contributed by atoms with van der Waals surface area (Å²) >= 11 is 0. The Morgan fingerprint density at radius 2 is 0.986 bits per heavy atom. The van der Waals surface area contributed by atoms with Gasteiger partial charge >= 0.3 is 18.0 Å². The molecule has 21 nitrogen and oxygen atoms in total. The van der Waals surface area contributed by atoms with Gasteiger partial charge in [0.2, 0.25) is 41.4 Å². The average molecular weight is 971 g/mol. The zero-order valence-corrected chi connectivity index (χ0v) is 39.8. The minimum absolute atomic E-state index is 0.00381. The Balaban J connectivity index is 1.36. The molecule has 0 spiro atoms. The van der Waals surface area contributed by atoms with Crippen LogP contribution in [0.2, 0.25) is 0 Å². The molecule has 376 valence electrons. The van der Waals surface area contributed by atoms with Gasteiger partial charge in [-0.05, 0) is 59.9 Å². The molecule has 70 heavy (non-hydrogen) atoms. The van der Waals surface area contributed by atoms with E-state index in [1.807, 2.05) is 48.5 Å². The van der Waals surface area contributed by atoms with Gasteiger partial charge in [-0.3, -0.25) is 43.2 Å². The number of nitrogens with two attached hydrogens (primary N) is 1. The lowest BCUT2D eigenvalue weighted by Crippen LogP contribution is -2.60. The number of aliphatic carboxylic acids is 2. The van der Waals surface area contributed by atoms with Crippen LogP contribution in [0, 0.1) is 11.8 Å². The van der Waals surface area contributed by atoms with Gasteiger partial charge in [-0.1, -0.05) is 107 Å². The summed E-state index contributed by atoms with van der Waals surface area (Å²) in [5.41, 5.74) is 10.1. The van der Waals surface area contributed by atoms with Crippen LogP contribution in [0.5, 0.6) is 0 Å². The number of alkyl carbamates (subject to hydrolysis) is 1. The van der Waals surface area contributed by atoms with Crippen LogP contribution in [0.4, 0.5) is 4.79 Å². The molecule has 0 heterocycles. The Hall–Kier alpha value is -7.84. The Morgan fingerprint density at radius 3 is 1.51 bits per heavy atom. The van der Waals surface area contributed by atoms with Crippen molar-refractivity contribution in [3.63, 3.8) is 0 Å². The van der Waals surface area contributed by atoms with Gasteiger partial charge in [-0.2, -0.15) is 0 Å². The first-order valence-corrected chi connectivity index (χ1v) is 22.8. The predicted molar refractivity (Wildman–Crippen MR) is 253 cm³/mol. The maximum absolute atomic E-state index is 13.7. The number of carbonyl (C=O) groups excluding carboxylic acids is 8. The molecule has 1 aliphatic rings. The summed E-state index contributed by atoms with van der Waals surface area (Å²) in [5, 5.41) is 35.9.